The zero-order chi connectivity index (χ0) is 18.0. The number of hydrogen-bond acceptors (Lipinski definition) is 4. The van der Waals surface area contributed by atoms with Crippen LogP contribution in [0.3, 0.4) is 0 Å². The molecule has 3 rings (SSSR count). The van der Waals surface area contributed by atoms with Crippen LogP contribution in [0, 0.1) is 12.8 Å². The second-order valence-corrected chi connectivity index (χ2v) is 7.09. The second kappa shape index (κ2) is 6.86. The van der Waals surface area contributed by atoms with E-state index in [4.69, 9.17) is 4.74 Å². The monoisotopic (exact) mass is 344 g/mol. The number of aryl methyl sites for hydroxylation is 1. The molecular formula is C19H24N2O4. The van der Waals surface area contributed by atoms with Gasteiger partial charge in [-0.25, -0.2) is 4.79 Å². The van der Waals surface area contributed by atoms with Crippen molar-refractivity contribution < 1.29 is 19.1 Å². The molecule has 0 aromatic heterocycles. The van der Waals surface area contributed by atoms with Crippen LogP contribution in [0.5, 0.6) is 0 Å². The highest BCUT2D eigenvalue weighted by Crippen LogP contribution is 2.38. The smallest absolute Gasteiger partial charge is 0.326 e. The lowest BCUT2D eigenvalue weighted by Crippen LogP contribution is -2.54. The minimum atomic E-state index is -0.841. The third-order valence-electron chi connectivity index (χ3n) is 5.27. The third kappa shape index (κ3) is 3.38. The number of ether oxygens (including phenoxy) is 1. The fraction of sp³-hybridized carbons (Fsp3) is 0.526. The van der Waals surface area contributed by atoms with Crippen LogP contribution in [0.15, 0.2) is 24.3 Å². The van der Waals surface area contributed by atoms with Crippen molar-refractivity contribution in [2.75, 3.05) is 6.54 Å². The van der Waals surface area contributed by atoms with E-state index in [1.165, 1.54) is 0 Å². The van der Waals surface area contributed by atoms with Crippen LogP contribution in [0.4, 0.5) is 4.79 Å². The predicted octanol–water partition coefficient (Wildman–Crippen LogP) is 2.54. The summed E-state index contributed by atoms with van der Waals surface area (Å²) in [5.41, 5.74) is 1.12. The average Bonchev–Trinajstić information content (AvgIpc) is 2.81. The molecule has 1 aromatic rings. The van der Waals surface area contributed by atoms with Crippen molar-refractivity contribution in [1.82, 2.24) is 10.2 Å². The quantitative estimate of drug-likeness (QED) is 0.673. The van der Waals surface area contributed by atoms with E-state index in [2.05, 4.69) is 5.32 Å². The van der Waals surface area contributed by atoms with Crippen LogP contribution in [-0.2, 0) is 20.9 Å². The maximum atomic E-state index is 12.8. The maximum Gasteiger partial charge on any atom is 0.326 e. The van der Waals surface area contributed by atoms with Crippen molar-refractivity contribution in [3.63, 3.8) is 0 Å². The van der Waals surface area contributed by atoms with E-state index in [1.54, 1.807) is 0 Å². The van der Waals surface area contributed by atoms with Gasteiger partial charge in [0, 0.05) is 0 Å². The van der Waals surface area contributed by atoms with Crippen molar-refractivity contribution in [2.24, 2.45) is 5.92 Å². The zero-order valence-electron chi connectivity index (χ0n) is 14.7. The first-order chi connectivity index (χ1) is 11.9. The summed E-state index contributed by atoms with van der Waals surface area (Å²) in [6.07, 6.45) is 3.50. The number of nitrogens with zero attached hydrogens (tertiary/aromatic N) is 1. The minimum Gasteiger partial charge on any atom is -0.459 e. The topological polar surface area (TPSA) is 75.7 Å². The molecule has 2 atom stereocenters. The molecule has 1 aromatic carbocycles. The lowest BCUT2D eigenvalue weighted by molar-refractivity contribution is -0.149. The van der Waals surface area contributed by atoms with Crippen LogP contribution in [0.1, 0.15) is 43.7 Å². The summed E-state index contributed by atoms with van der Waals surface area (Å²) >= 11 is 0. The fourth-order valence-electron chi connectivity index (χ4n) is 3.78. The summed E-state index contributed by atoms with van der Waals surface area (Å²) in [5, 5.41) is 2.84. The summed E-state index contributed by atoms with van der Waals surface area (Å²) in [5.74, 6) is -0.797. The molecule has 1 aliphatic carbocycles. The van der Waals surface area contributed by atoms with Gasteiger partial charge in [-0.15, -0.1) is 0 Å². The Morgan fingerprint density at radius 2 is 2.16 bits per heavy atom. The Labute approximate surface area is 147 Å². The van der Waals surface area contributed by atoms with Gasteiger partial charge in [-0.1, -0.05) is 49.6 Å². The Balaban J connectivity index is 1.61. The SMILES string of the molecule is Cc1cccc(COC(=O)CN2C(=O)N[C@@]3(CCCC[C@@H]3C)C2=O)c1. The van der Waals surface area contributed by atoms with Gasteiger partial charge in [-0.3, -0.25) is 14.5 Å². The summed E-state index contributed by atoms with van der Waals surface area (Å²) in [6, 6.07) is 7.16. The van der Waals surface area contributed by atoms with E-state index in [1.807, 2.05) is 38.1 Å². The largest absolute Gasteiger partial charge is 0.459 e. The van der Waals surface area contributed by atoms with Gasteiger partial charge in [-0.05, 0) is 31.2 Å². The van der Waals surface area contributed by atoms with E-state index in [9.17, 15) is 14.4 Å². The highest BCUT2D eigenvalue weighted by Gasteiger charge is 2.55. The Kier molecular flexibility index (Phi) is 4.79. The van der Waals surface area contributed by atoms with Gasteiger partial charge in [-0.2, -0.15) is 0 Å². The molecule has 1 spiro atoms. The maximum absolute atomic E-state index is 12.8. The van der Waals surface area contributed by atoms with Crippen LogP contribution >= 0.6 is 0 Å². The molecule has 6 heteroatoms. The minimum absolute atomic E-state index is 0.0750. The molecule has 2 aliphatic rings. The van der Waals surface area contributed by atoms with Crippen molar-refractivity contribution in [3.8, 4) is 0 Å². The Morgan fingerprint density at radius 1 is 1.36 bits per heavy atom. The number of esters is 1. The molecule has 0 bridgehead atoms. The summed E-state index contributed by atoms with van der Waals surface area (Å²) in [7, 11) is 0. The number of hydrogen-bond donors (Lipinski definition) is 1. The molecule has 1 saturated heterocycles. The summed E-state index contributed by atoms with van der Waals surface area (Å²) in [6.45, 7) is 3.73. The Hall–Kier alpha value is -2.37. The molecule has 1 saturated carbocycles. The van der Waals surface area contributed by atoms with Gasteiger partial charge in [0.25, 0.3) is 5.91 Å². The second-order valence-electron chi connectivity index (χ2n) is 7.09. The van der Waals surface area contributed by atoms with E-state index in [0.29, 0.717) is 6.42 Å². The molecular weight excluding hydrogens is 320 g/mol. The van der Waals surface area contributed by atoms with Gasteiger partial charge in [0.15, 0.2) is 0 Å². The van der Waals surface area contributed by atoms with Crippen LogP contribution in [-0.4, -0.2) is 34.9 Å². The number of benzene rings is 1. The van der Waals surface area contributed by atoms with E-state index in [0.717, 1.165) is 35.3 Å². The molecule has 25 heavy (non-hydrogen) atoms. The van der Waals surface area contributed by atoms with E-state index < -0.39 is 17.5 Å². The Morgan fingerprint density at radius 3 is 2.88 bits per heavy atom. The van der Waals surface area contributed by atoms with Gasteiger partial charge in [0.05, 0.1) is 0 Å². The van der Waals surface area contributed by atoms with Gasteiger partial charge < -0.3 is 10.1 Å². The van der Waals surface area contributed by atoms with Crippen LogP contribution in [0.25, 0.3) is 0 Å². The predicted molar refractivity (Wildman–Crippen MR) is 91.6 cm³/mol. The van der Waals surface area contributed by atoms with Gasteiger partial charge in [0.2, 0.25) is 0 Å². The van der Waals surface area contributed by atoms with E-state index in [-0.39, 0.29) is 25.0 Å². The molecule has 3 amide bonds. The summed E-state index contributed by atoms with van der Waals surface area (Å²) in [4.78, 5) is 38.1. The normalized spacial score (nSPS) is 26.0. The summed E-state index contributed by atoms with van der Waals surface area (Å²) < 4.78 is 5.23. The number of urea groups is 1. The van der Waals surface area contributed by atoms with Crippen molar-refractivity contribution >= 4 is 17.9 Å². The first-order valence-electron chi connectivity index (χ1n) is 8.77. The molecule has 1 aliphatic heterocycles. The van der Waals surface area contributed by atoms with E-state index >= 15 is 0 Å². The fourth-order valence-corrected chi connectivity index (χ4v) is 3.78. The highest BCUT2D eigenvalue weighted by molar-refractivity contribution is 6.08. The lowest BCUT2D eigenvalue weighted by Gasteiger charge is -2.36. The highest BCUT2D eigenvalue weighted by atomic mass is 16.5. The van der Waals surface area contributed by atoms with Crippen molar-refractivity contribution in [2.45, 2.75) is 51.7 Å². The number of imide groups is 1. The molecule has 1 N–H and O–H groups in total. The van der Waals surface area contributed by atoms with Crippen molar-refractivity contribution in [1.29, 1.82) is 0 Å². The molecule has 2 fully saturated rings. The van der Waals surface area contributed by atoms with Crippen LogP contribution < -0.4 is 5.32 Å². The van der Waals surface area contributed by atoms with Gasteiger partial charge in [0.1, 0.15) is 18.7 Å². The first-order valence-corrected chi connectivity index (χ1v) is 8.77. The van der Waals surface area contributed by atoms with Crippen LogP contribution in [0.2, 0.25) is 0 Å². The first kappa shape index (κ1) is 17.5. The number of rotatable bonds is 4. The molecule has 6 nitrogen and oxygen atoms in total. The van der Waals surface area contributed by atoms with Gasteiger partial charge >= 0.3 is 12.0 Å². The third-order valence-corrected chi connectivity index (χ3v) is 5.27. The standard InChI is InChI=1S/C19H24N2O4/c1-13-6-5-8-15(10-13)12-25-16(22)11-21-17(23)19(20-18(21)24)9-4-3-7-14(19)2/h5-6,8,10,14H,3-4,7,9,11-12H2,1-2H3,(H,20,24)/t14-,19+/m0/s1. The van der Waals surface area contributed by atoms with Crippen molar-refractivity contribution in [3.05, 3.63) is 35.4 Å². The average molecular weight is 344 g/mol. The lowest BCUT2D eigenvalue weighted by atomic mass is 9.73. The number of amides is 3. The molecule has 1 heterocycles. The zero-order valence-corrected chi connectivity index (χ0v) is 14.7. The molecule has 134 valence electrons. The Bertz CT molecular complexity index is 702. The number of carbonyl (C=O) groups is 3. The number of carbonyl (C=O) groups excluding carboxylic acids is 3. The number of nitrogens with one attached hydrogen (secondary N) is 1. The molecule has 0 radical (unpaired) electrons. The molecule has 0 unspecified atom stereocenters.